The molecule has 1 aromatic heterocycles. The highest BCUT2D eigenvalue weighted by molar-refractivity contribution is 7.18. The first kappa shape index (κ1) is 21.6. The first-order chi connectivity index (χ1) is 15.6. The highest BCUT2D eigenvalue weighted by Gasteiger charge is 2.11. The molecule has 32 heavy (non-hydrogen) atoms. The summed E-state index contributed by atoms with van der Waals surface area (Å²) in [5.74, 6) is 1.14. The van der Waals surface area contributed by atoms with Gasteiger partial charge < -0.3 is 14.8 Å². The van der Waals surface area contributed by atoms with Crippen LogP contribution < -0.4 is 14.8 Å². The van der Waals surface area contributed by atoms with Gasteiger partial charge in [-0.2, -0.15) is 0 Å². The molecule has 162 valence electrons. The minimum atomic E-state index is -0.103. The van der Waals surface area contributed by atoms with E-state index in [0.29, 0.717) is 11.5 Å². The predicted molar refractivity (Wildman–Crippen MR) is 130 cm³/mol. The van der Waals surface area contributed by atoms with E-state index in [1.165, 1.54) is 5.56 Å². The molecular formula is C26H24N2O3S. The van der Waals surface area contributed by atoms with E-state index in [4.69, 9.17) is 9.47 Å². The molecule has 0 unspecified atom stereocenters. The summed E-state index contributed by atoms with van der Waals surface area (Å²) >= 11 is 1.63. The van der Waals surface area contributed by atoms with Gasteiger partial charge in [-0.3, -0.25) is 4.79 Å². The van der Waals surface area contributed by atoms with E-state index in [-0.39, 0.29) is 12.3 Å². The number of methoxy groups -OCH3 is 2. The van der Waals surface area contributed by atoms with Crippen molar-refractivity contribution in [3.63, 3.8) is 0 Å². The molecular weight excluding hydrogens is 420 g/mol. The number of rotatable bonds is 7. The molecule has 3 aromatic carbocycles. The Morgan fingerprint density at radius 3 is 2.47 bits per heavy atom. The molecule has 0 spiro atoms. The average molecular weight is 445 g/mol. The third-order valence-electron chi connectivity index (χ3n) is 5.05. The summed E-state index contributed by atoms with van der Waals surface area (Å²) in [4.78, 5) is 18.3. The number of hydrogen-bond donors (Lipinski definition) is 1. The quantitative estimate of drug-likeness (QED) is 0.381. The lowest BCUT2D eigenvalue weighted by atomic mass is 10.1. The standard InChI is InChI=1S/C26H24N2O3S/c1-17-7-10-19(11-8-17)24-16-27-26(32-24)20-5-4-6-21(15-20)28-25(29)14-18-9-12-22(30-2)23(13-18)31-3/h4-13,15-16H,14H2,1-3H3,(H,28,29). The zero-order valence-corrected chi connectivity index (χ0v) is 19.0. The van der Waals surface area contributed by atoms with Crippen LogP contribution in [-0.4, -0.2) is 25.1 Å². The number of nitrogens with one attached hydrogen (secondary N) is 1. The van der Waals surface area contributed by atoms with Gasteiger partial charge in [0.2, 0.25) is 5.91 Å². The van der Waals surface area contributed by atoms with Crippen LogP contribution in [0.3, 0.4) is 0 Å². The van der Waals surface area contributed by atoms with Crippen molar-refractivity contribution in [2.45, 2.75) is 13.3 Å². The molecule has 0 aliphatic carbocycles. The van der Waals surface area contributed by atoms with Crippen LogP contribution >= 0.6 is 11.3 Å². The van der Waals surface area contributed by atoms with Crippen LogP contribution in [0.4, 0.5) is 5.69 Å². The number of aryl methyl sites for hydroxylation is 1. The monoisotopic (exact) mass is 444 g/mol. The van der Waals surface area contributed by atoms with E-state index in [2.05, 4.69) is 41.5 Å². The van der Waals surface area contributed by atoms with Crippen molar-refractivity contribution in [3.8, 4) is 32.5 Å². The Balaban J connectivity index is 1.46. The second-order valence-corrected chi connectivity index (χ2v) is 8.42. The van der Waals surface area contributed by atoms with Crippen LogP contribution in [0.2, 0.25) is 0 Å². The van der Waals surface area contributed by atoms with Crippen molar-refractivity contribution < 1.29 is 14.3 Å². The van der Waals surface area contributed by atoms with E-state index < -0.39 is 0 Å². The third kappa shape index (κ3) is 4.98. The number of benzene rings is 3. The molecule has 0 aliphatic heterocycles. The summed E-state index contributed by atoms with van der Waals surface area (Å²) in [5, 5.41) is 3.89. The maximum absolute atomic E-state index is 12.6. The van der Waals surface area contributed by atoms with Gasteiger partial charge in [-0.05, 0) is 42.3 Å². The van der Waals surface area contributed by atoms with Gasteiger partial charge in [0.05, 0.1) is 25.5 Å². The zero-order valence-electron chi connectivity index (χ0n) is 18.2. The van der Waals surface area contributed by atoms with Crippen molar-refractivity contribution in [2.75, 3.05) is 19.5 Å². The number of thiazole rings is 1. The molecule has 4 aromatic rings. The Morgan fingerprint density at radius 1 is 0.938 bits per heavy atom. The minimum Gasteiger partial charge on any atom is -0.493 e. The summed E-state index contributed by atoms with van der Waals surface area (Å²) in [6.45, 7) is 2.08. The fourth-order valence-corrected chi connectivity index (χ4v) is 4.29. The third-order valence-corrected chi connectivity index (χ3v) is 6.14. The lowest BCUT2D eigenvalue weighted by molar-refractivity contribution is -0.115. The van der Waals surface area contributed by atoms with Crippen LogP contribution in [0.25, 0.3) is 21.0 Å². The van der Waals surface area contributed by atoms with Gasteiger partial charge in [-0.25, -0.2) is 4.98 Å². The normalized spacial score (nSPS) is 10.6. The fourth-order valence-electron chi connectivity index (χ4n) is 3.37. The number of hydrogen-bond acceptors (Lipinski definition) is 5. The minimum absolute atomic E-state index is 0.103. The van der Waals surface area contributed by atoms with Crippen LogP contribution in [-0.2, 0) is 11.2 Å². The van der Waals surface area contributed by atoms with E-state index in [1.54, 1.807) is 31.6 Å². The topological polar surface area (TPSA) is 60.5 Å². The maximum atomic E-state index is 12.6. The van der Waals surface area contributed by atoms with E-state index in [1.807, 2.05) is 42.6 Å². The van der Waals surface area contributed by atoms with E-state index in [0.717, 1.165) is 32.3 Å². The Kier molecular flexibility index (Phi) is 6.52. The van der Waals surface area contributed by atoms with Gasteiger partial charge in [-0.15, -0.1) is 11.3 Å². The van der Waals surface area contributed by atoms with Gasteiger partial charge in [-0.1, -0.05) is 48.0 Å². The van der Waals surface area contributed by atoms with Crippen molar-refractivity contribution >= 4 is 22.9 Å². The van der Waals surface area contributed by atoms with Crippen LogP contribution in [0, 0.1) is 6.92 Å². The van der Waals surface area contributed by atoms with Gasteiger partial charge in [0.25, 0.3) is 0 Å². The largest absolute Gasteiger partial charge is 0.493 e. The first-order valence-electron chi connectivity index (χ1n) is 10.2. The van der Waals surface area contributed by atoms with E-state index in [9.17, 15) is 4.79 Å². The molecule has 1 amide bonds. The van der Waals surface area contributed by atoms with Crippen molar-refractivity contribution in [1.82, 2.24) is 4.98 Å². The number of aromatic nitrogens is 1. The van der Waals surface area contributed by atoms with Gasteiger partial charge in [0.15, 0.2) is 11.5 Å². The Bertz CT molecular complexity index is 1230. The summed E-state index contributed by atoms with van der Waals surface area (Å²) in [6.07, 6.45) is 2.13. The lowest BCUT2D eigenvalue weighted by Crippen LogP contribution is -2.14. The van der Waals surface area contributed by atoms with Gasteiger partial charge >= 0.3 is 0 Å². The lowest BCUT2D eigenvalue weighted by Gasteiger charge is -2.10. The molecule has 0 atom stereocenters. The maximum Gasteiger partial charge on any atom is 0.228 e. The summed E-state index contributed by atoms with van der Waals surface area (Å²) in [7, 11) is 3.17. The molecule has 0 bridgehead atoms. The zero-order chi connectivity index (χ0) is 22.5. The highest BCUT2D eigenvalue weighted by atomic mass is 32.1. The summed E-state index contributed by atoms with van der Waals surface area (Å²) in [5.41, 5.74) is 4.94. The molecule has 0 fully saturated rings. The number of anilines is 1. The van der Waals surface area contributed by atoms with E-state index >= 15 is 0 Å². The fraction of sp³-hybridized carbons (Fsp3) is 0.154. The predicted octanol–water partition coefficient (Wildman–Crippen LogP) is 5.98. The van der Waals surface area contributed by atoms with Gasteiger partial charge in [0, 0.05) is 17.4 Å². The molecule has 0 radical (unpaired) electrons. The Labute approximate surface area is 191 Å². The molecule has 0 aliphatic rings. The Hall–Kier alpha value is -3.64. The molecule has 1 N–H and O–H groups in total. The van der Waals surface area contributed by atoms with Crippen molar-refractivity contribution in [2.24, 2.45) is 0 Å². The highest BCUT2D eigenvalue weighted by Crippen LogP contribution is 2.33. The van der Waals surface area contributed by atoms with Crippen LogP contribution in [0.15, 0.2) is 72.9 Å². The summed E-state index contributed by atoms with van der Waals surface area (Å²) in [6, 6.07) is 21.7. The molecule has 4 rings (SSSR count). The van der Waals surface area contributed by atoms with Crippen molar-refractivity contribution in [1.29, 1.82) is 0 Å². The van der Waals surface area contributed by atoms with Gasteiger partial charge in [0.1, 0.15) is 5.01 Å². The second-order valence-electron chi connectivity index (χ2n) is 7.39. The molecule has 6 heteroatoms. The average Bonchev–Trinajstić information content (AvgIpc) is 3.30. The molecule has 0 saturated carbocycles. The van der Waals surface area contributed by atoms with Crippen LogP contribution in [0.1, 0.15) is 11.1 Å². The smallest absolute Gasteiger partial charge is 0.228 e. The van der Waals surface area contributed by atoms with Crippen LogP contribution in [0.5, 0.6) is 11.5 Å². The second kappa shape index (κ2) is 9.66. The number of carbonyl (C=O) groups excluding carboxylic acids is 1. The molecule has 1 heterocycles. The number of amides is 1. The molecule has 0 saturated heterocycles. The number of carbonyl (C=O) groups is 1. The Morgan fingerprint density at radius 2 is 1.72 bits per heavy atom. The molecule has 5 nitrogen and oxygen atoms in total. The van der Waals surface area contributed by atoms with Crippen molar-refractivity contribution in [3.05, 3.63) is 84.1 Å². The summed E-state index contributed by atoms with van der Waals surface area (Å²) < 4.78 is 10.6. The first-order valence-corrected chi connectivity index (χ1v) is 11.0. The number of nitrogens with zero attached hydrogens (tertiary/aromatic N) is 1. The SMILES string of the molecule is COc1ccc(CC(=O)Nc2cccc(-c3ncc(-c4ccc(C)cc4)s3)c2)cc1OC. The number of ether oxygens (including phenoxy) is 2.